The third-order valence-corrected chi connectivity index (χ3v) is 2.99. The van der Waals surface area contributed by atoms with E-state index in [9.17, 15) is 19.5 Å². The zero-order valence-corrected chi connectivity index (χ0v) is 13.4. The zero-order valence-electron chi connectivity index (χ0n) is 13.4. The van der Waals surface area contributed by atoms with E-state index in [0.29, 0.717) is 24.2 Å². The van der Waals surface area contributed by atoms with Gasteiger partial charge >= 0.3 is 5.97 Å². The molecule has 0 bridgehead atoms. The number of aldehydes is 1. The van der Waals surface area contributed by atoms with Gasteiger partial charge in [0.1, 0.15) is 30.9 Å². The minimum atomic E-state index is -1.42. The highest BCUT2D eigenvalue weighted by Gasteiger charge is 2.24. The van der Waals surface area contributed by atoms with Crippen LogP contribution in [-0.2, 0) is 14.3 Å². The molecule has 0 saturated carbocycles. The number of esters is 1. The summed E-state index contributed by atoms with van der Waals surface area (Å²) >= 11 is 0. The van der Waals surface area contributed by atoms with Crippen LogP contribution in [-0.4, -0.2) is 42.0 Å². The van der Waals surface area contributed by atoms with Gasteiger partial charge in [0.05, 0.1) is 0 Å². The summed E-state index contributed by atoms with van der Waals surface area (Å²) in [7, 11) is 0. The number of aliphatic hydroxyl groups is 1. The highest BCUT2D eigenvalue weighted by atomic mass is 16.6. The number of Topliss-reactive ketones (excluding diaryl/α,β-unsaturated/α-hetero) is 1. The average molecular weight is 322 g/mol. The van der Waals surface area contributed by atoms with E-state index >= 15 is 0 Å². The Morgan fingerprint density at radius 1 is 1.17 bits per heavy atom. The predicted octanol–water partition coefficient (Wildman–Crippen LogP) is 1.93. The maximum Gasteiger partial charge on any atom is 0.305 e. The van der Waals surface area contributed by atoms with Gasteiger partial charge in [-0.1, -0.05) is 0 Å². The second kappa shape index (κ2) is 9.05. The highest BCUT2D eigenvalue weighted by Crippen LogP contribution is 2.17. The maximum absolute atomic E-state index is 11.9. The first kappa shape index (κ1) is 18.8. The van der Waals surface area contributed by atoms with Gasteiger partial charge < -0.3 is 19.4 Å². The number of carbonyl (C=O) groups is 3. The lowest BCUT2D eigenvalue weighted by atomic mass is 9.97. The Kier molecular flexibility index (Phi) is 7.41. The largest absolute Gasteiger partial charge is 0.490 e. The van der Waals surface area contributed by atoms with Crippen LogP contribution in [0.2, 0.25) is 0 Å². The molecule has 0 radical (unpaired) electrons. The van der Waals surface area contributed by atoms with E-state index < -0.39 is 5.60 Å². The van der Waals surface area contributed by atoms with Crippen molar-refractivity contribution < 1.29 is 29.0 Å². The van der Waals surface area contributed by atoms with Crippen molar-refractivity contribution in [3.05, 3.63) is 29.8 Å². The smallest absolute Gasteiger partial charge is 0.305 e. The number of carbonyl (C=O) groups excluding carboxylic acids is 3. The van der Waals surface area contributed by atoms with Crippen molar-refractivity contribution in [2.45, 2.75) is 38.7 Å². The third-order valence-electron chi connectivity index (χ3n) is 2.99. The van der Waals surface area contributed by atoms with E-state index in [2.05, 4.69) is 0 Å². The van der Waals surface area contributed by atoms with Crippen molar-refractivity contribution in [2.75, 3.05) is 13.2 Å². The molecule has 6 nitrogen and oxygen atoms in total. The number of ether oxygens (including phenoxy) is 2. The van der Waals surface area contributed by atoms with Crippen LogP contribution in [0, 0.1) is 0 Å². The molecule has 1 rings (SSSR count). The molecule has 0 aliphatic carbocycles. The normalized spacial score (nSPS) is 10.9. The van der Waals surface area contributed by atoms with E-state index in [0.717, 1.165) is 6.29 Å². The van der Waals surface area contributed by atoms with Crippen LogP contribution in [0.4, 0.5) is 0 Å². The molecule has 23 heavy (non-hydrogen) atoms. The van der Waals surface area contributed by atoms with Crippen LogP contribution in [0.25, 0.3) is 0 Å². The predicted molar refractivity (Wildman–Crippen MR) is 83.4 cm³/mol. The van der Waals surface area contributed by atoms with Gasteiger partial charge in [-0.3, -0.25) is 9.59 Å². The standard InChI is InChI=1S/C17H22O6/c1-17(2,21)16(20)13-6-8-14(9-7-13)22-11-12-23-15(19)5-3-4-10-18/h6-10,21H,3-5,11-12H2,1-2H3. The second-order valence-electron chi connectivity index (χ2n) is 5.54. The zero-order chi connectivity index (χ0) is 17.3. The molecular weight excluding hydrogens is 300 g/mol. The summed E-state index contributed by atoms with van der Waals surface area (Å²) in [6, 6.07) is 6.37. The lowest BCUT2D eigenvalue weighted by Crippen LogP contribution is -2.30. The Morgan fingerprint density at radius 3 is 2.39 bits per heavy atom. The van der Waals surface area contributed by atoms with Crippen molar-refractivity contribution >= 4 is 18.0 Å². The molecule has 0 aromatic heterocycles. The van der Waals surface area contributed by atoms with Gasteiger partial charge in [0.15, 0.2) is 5.78 Å². The van der Waals surface area contributed by atoms with Crippen LogP contribution in [0.5, 0.6) is 5.75 Å². The number of hydrogen-bond acceptors (Lipinski definition) is 6. The van der Waals surface area contributed by atoms with Crippen LogP contribution < -0.4 is 4.74 Å². The molecular formula is C17H22O6. The molecule has 0 spiro atoms. The molecule has 0 amide bonds. The molecule has 1 aromatic carbocycles. The van der Waals surface area contributed by atoms with Crippen molar-refractivity contribution in [3.63, 3.8) is 0 Å². The average Bonchev–Trinajstić information content (AvgIpc) is 2.51. The van der Waals surface area contributed by atoms with Gasteiger partial charge in [0, 0.05) is 18.4 Å². The van der Waals surface area contributed by atoms with Crippen LogP contribution >= 0.6 is 0 Å². The van der Waals surface area contributed by atoms with Crippen molar-refractivity contribution in [2.24, 2.45) is 0 Å². The first-order chi connectivity index (χ1) is 10.8. The minimum Gasteiger partial charge on any atom is -0.490 e. The van der Waals surface area contributed by atoms with Crippen molar-refractivity contribution in [1.82, 2.24) is 0 Å². The number of ketones is 1. The van der Waals surface area contributed by atoms with E-state index in [1.807, 2.05) is 0 Å². The molecule has 126 valence electrons. The van der Waals surface area contributed by atoms with Gasteiger partial charge in [0.2, 0.25) is 0 Å². The van der Waals surface area contributed by atoms with E-state index in [-0.39, 0.29) is 31.4 Å². The topological polar surface area (TPSA) is 89.9 Å². The Hall–Kier alpha value is -2.21. The Bertz CT molecular complexity index is 527. The first-order valence-electron chi connectivity index (χ1n) is 7.44. The summed E-state index contributed by atoms with van der Waals surface area (Å²) in [5.74, 6) is -0.191. The lowest BCUT2D eigenvalue weighted by Gasteiger charge is -2.15. The van der Waals surface area contributed by atoms with Crippen molar-refractivity contribution in [3.8, 4) is 5.75 Å². The SMILES string of the molecule is CC(C)(O)C(=O)c1ccc(OCCOC(=O)CCCC=O)cc1. The fourth-order valence-corrected chi connectivity index (χ4v) is 1.77. The monoisotopic (exact) mass is 322 g/mol. The van der Waals surface area contributed by atoms with Gasteiger partial charge in [-0.25, -0.2) is 0 Å². The third kappa shape index (κ3) is 7.06. The fourth-order valence-electron chi connectivity index (χ4n) is 1.77. The molecule has 0 aliphatic rings. The molecule has 0 unspecified atom stereocenters. The minimum absolute atomic E-state index is 0.115. The summed E-state index contributed by atoms with van der Waals surface area (Å²) in [6.45, 7) is 3.18. The summed E-state index contributed by atoms with van der Waals surface area (Å²) in [5, 5.41) is 9.66. The molecule has 0 heterocycles. The summed E-state index contributed by atoms with van der Waals surface area (Å²) < 4.78 is 10.3. The Balaban J connectivity index is 2.32. The molecule has 0 saturated heterocycles. The van der Waals surface area contributed by atoms with E-state index in [1.54, 1.807) is 24.3 Å². The summed E-state index contributed by atoms with van der Waals surface area (Å²) in [5.41, 5.74) is -1.02. The number of benzene rings is 1. The summed E-state index contributed by atoms with van der Waals surface area (Å²) in [4.78, 5) is 33.3. The second-order valence-corrected chi connectivity index (χ2v) is 5.54. The van der Waals surface area contributed by atoms with Crippen LogP contribution in [0.15, 0.2) is 24.3 Å². The number of rotatable bonds is 10. The number of hydrogen-bond donors (Lipinski definition) is 1. The Labute approximate surface area is 135 Å². The quantitative estimate of drug-likeness (QED) is 0.306. The fraction of sp³-hybridized carbons (Fsp3) is 0.471. The van der Waals surface area contributed by atoms with Gasteiger partial charge in [0.25, 0.3) is 0 Å². The van der Waals surface area contributed by atoms with Gasteiger partial charge in [-0.15, -0.1) is 0 Å². The van der Waals surface area contributed by atoms with E-state index in [1.165, 1.54) is 13.8 Å². The van der Waals surface area contributed by atoms with E-state index in [4.69, 9.17) is 9.47 Å². The molecule has 0 atom stereocenters. The highest BCUT2D eigenvalue weighted by molar-refractivity contribution is 6.01. The molecule has 1 N–H and O–H groups in total. The first-order valence-corrected chi connectivity index (χ1v) is 7.44. The van der Waals surface area contributed by atoms with Crippen LogP contribution in [0.3, 0.4) is 0 Å². The van der Waals surface area contributed by atoms with Gasteiger partial charge in [-0.2, -0.15) is 0 Å². The molecule has 1 aromatic rings. The lowest BCUT2D eigenvalue weighted by molar-refractivity contribution is -0.144. The Morgan fingerprint density at radius 2 is 1.83 bits per heavy atom. The number of unbranched alkanes of at least 4 members (excludes halogenated alkanes) is 1. The van der Waals surface area contributed by atoms with Crippen molar-refractivity contribution in [1.29, 1.82) is 0 Å². The molecule has 0 fully saturated rings. The summed E-state index contributed by atoms with van der Waals surface area (Å²) in [6.07, 6.45) is 1.82. The molecule has 6 heteroatoms. The maximum atomic E-state index is 11.9. The van der Waals surface area contributed by atoms with Crippen LogP contribution in [0.1, 0.15) is 43.5 Å². The molecule has 0 aliphatic heterocycles. The van der Waals surface area contributed by atoms with Gasteiger partial charge in [-0.05, 0) is 44.5 Å².